The molecule has 3 aromatic rings. The highest BCUT2D eigenvalue weighted by molar-refractivity contribution is 5.80. The lowest BCUT2D eigenvalue weighted by molar-refractivity contribution is 0.569. The molecule has 16 heavy (non-hydrogen) atoms. The van der Waals surface area contributed by atoms with Crippen molar-refractivity contribution in [3.63, 3.8) is 0 Å². The predicted molar refractivity (Wildman–Crippen MR) is 60.2 cm³/mol. The zero-order valence-corrected chi connectivity index (χ0v) is 8.34. The van der Waals surface area contributed by atoms with E-state index in [2.05, 4.69) is 0 Å². The first-order valence-electron chi connectivity index (χ1n) is 4.91. The van der Waals surface area contributed by atoms with E-state index in [4.69, 9.17) is 8.83 Å². The van der Waals surface area contributed by atoms with E-state index < -0.39 is 0 Å². The molecule has 1 aromatic carbocycles. The average Bonchev–Trinajstić information content (AvgIpc) is 2.83. The SMILES string of the molecule is O=c1c(-c2ccco2)coc2ccccc12. The number of fused-ring (bicyclic) bond motifs is 1. The van der Waals surface area contributed by atoms with Crippen LogP contribution in [0.5, 0.6) is 0 Å². The highest BCUT2D eigenvalue weighted by Crippen LogP contribution is 2.19. The fourth-order valence-corrected chi connectivity index (χ4v) is 1.68. The van der Waals surface area contributed by atoms with Crippen molar-refractivity contribution in [2.75, 3.05) is 0 Å². The van der Waals surface area contributed by atoms with E-state index >= 15 is 0 Å². The van der Waals surface area contributed by atoms with Crippen LogP contribution in [0.1, 0.15) is 0 Å². The standard InChI is InChI=1S/C13H8O3/c14-13-9-4-1-2-5-11(9)16-8-10(13)12-6-3-7-15-12/h1-8H. The smallest absolute Gasteiger partial charge is 0.203 e. The van der Waals surface area contributed by atoms with Crippen molar-refractivity contribution >= 4 is 11.0 Å². The maximum atomic E-state index is 12.1. The van der Waals surface area contributed by atoms with Gasteiger partial charge in [-0.05, 0) is 24.3 Å². The van der Waals surface area contributed by atoms with Crippen LogP contribution in [0.3, 0.4) is 0 Å². The fourth-order valence-electron chi connectivity index (χ4n) is 1.68. The van der Waals surface area contributed by atoms with Crippen LogP contribution in [0.2, 0.25) is 0 Å². The molecule has 0 bridgehead atoms. The third kappa shape index (κ3) is 1.26. The van der Waals surface area contributed by atoms with Gasteiger partial charge in [-0.1, -0.05) is 12.1 Å². The molecule has 0 spiro atoms. The molecular weight excluding hydrogens is 204 g/mol. The molecule has 2 heterocycles. The summed E-state index contributed by atoms with van der Waals surface area (Å²) in [6.45, 7) is 0. The predicted octanol–water partition coefficient (Wildman–Crippen LogP) is 3.05. The first-order chi connectivity index (χ1) is 7.86. The summed E-state index contributed by atoms with van der Waals surface area (Å²) in [6.07, 6.45) is 2.97. The minimum atomic E-state index is -0.0724. The Morgan fingerprint density at radius 1 is 0.938 bits per heavy atom. The largest absolute Gasteiger partial charge is 0.464 e. The molecule has 0 fully saturated rings. The van der Waals surface area contributed by atoms with Crippen molar-refractivity contribution in [3.05, 3.63) is 59.1 Å². The summed E-state index contributed by atoms with van der Waals surface area (Å²) in [5.41, 5.74) is 0.961. The number of benzene rings is 1. The number of furan rings is 1. The first-order valence-corrected chi connectivity index (χ1v) is 4.91. The molecule has 0 aliphatic rings. The van der Waals surface area contributed by atoms with Crippen LogP contribution >= 0.6 is 0 Å². The Kier molecular flexibility index (Phi) is 1.90. The third-order valence-corrected chi connectivity index (χ3v) is 2.47. The van der Waals surface area contributed by atoms with E-state index in [-0.39, 0.29) is 5.43 Å². The van der Waals surface area contributed by atoms with Gasteiger partial charge in [-0.15, -0.1) is 0 Å². The van der Waals surface area contributed by atoms with Crippen molar-refractivity contribution < 1.29 is 8.83 Å². The van der Waals surface area contributed by atoms with E-state index in [9.17, 15) is 4.79 Å². The molecule has 0 radical (unpaired) electrons. The fraction of sp³-hybridized carbons (Fsp3) is 0. The molecule has 0 saturated carbocycles. The zero-order valence-electron chi connectivity index (χ0n) is 8.34. The molecule has 0 aliphatic heterocycles. The van der Waals surface area contributed by atoms with E-state index in [1.165, 1.54) is 12.5 Å². The summed E-state index contributed by atoms with van der Waals surface area (Å²) >= 11 is 0. The number of hydrogen-bond acceptors (Lipinski definition) is 3. The van der Waals surface area contributed by atoms with Crippen molar-refractivity contribution in [2.24, 2.45) is 0 Å². The van der Waals surface area contributed by atoms with Crippen LogP contribution in [-0.2, 0) is 0 Å². The van der Waals surface area contributed by atoms with Gasteiger partial charge in [0.1, 0.15) is 23.2 Å². The second kappa shape index (κ2) is 3.38. The van der Waals surface area contributed by atoms with E-state index in [1.54, 1.807) is 24.3 Å². The summed E-state index contributed by atoms with van der Waals surface area (Å²) in [7, 11) is 0. The Hall–Kier alpha value is -2.29. The second-order valence-electron chi connectivity index (χ2n) is 3.45. The van der Waals surface area contributed by atoms with Gasteiger partial charge in [-0.3, -0.25) is 4.79 Å². The van der Waals surface area contributed by atoms with Gasteiger partial charge >= 0.3 is 0 Å². The summed E-state index contributed by atoms with van der Waals surface area (Å²) in [6, 6.07) is 10.6. The van der Waals surface area contributed by atoms with Gasteiger partial charge in [0.05, 0.1) is 11.6 Å². The van der Waals surface area contributed by atoms with Crippen molar-refractivity contribution in [3.8, 4) is 11.3 Å². The molecule has 0 unspecified atom stereocenters. The zero-order chi connectivity index (χ0) is 11.0. The summed E-state index contributed by atoms with van der Waals surface area (Å²) in [5, 5.41) is 0.566. The highest BCUT2D eigenvalue weighted by Gasteiger charge is 2.09. The quantitative estimate of drug-likeness (QED) is 0.622. The molecule has 2 aromatic heterocycles. The molecule has 0 amide bonds. The second-order valence-corrected chi connectivity index (χ2v) is 3.45. The summed E-state index contributed by atoms with van der Waals surface area (Å²) < 4.78 is 10.6. The van der Waals surface area contributed by atoms with Crippen LogP contribution in [0.4, 0.5) is 0 Å². The summed E-state index contributed by atoms with van der Waals surface area (Å²) in [4.78, 5) is 12.1. The molecular formula is C13H8O3. The molecule has 3 rings (SSSR count). The van der Waals surface area contributed by atoms with Gasteiger partial charge in [0.15, 0.2) is 0 Å². The monoisotopic (exact) mass is 212 g/mol. The molecule has 3 nitrogen and oxygen atoms in total. The van der Waals surface area contributed by atoms with Crippen molar-refractivity contribution in [1.29, 1.82) is 0 Å². The average molecular weight is 212 g/mol. The van der Waals surface area contributed by atoms with Crippen LogP contribution in [0.15, 0.2) is 62.6 Å². The maximum absolute atomic E-state index is 12.1. The Morgan fingerprint density at radius 2 is 1.81 bits per heavy atom. The highest BCUT2D eigenvalue weighted by atomic mass is 16.3. The first kappa shape index (κ1) is 8.97. The van der Waals surface area contributed by atoms with Gasteiger partial charge in [-0.25, -0.2) is 0 Å². The molecule has 0 saturated heterocycles. The third-order valence-electron chi connectivity index (χ3n) is 2.47. The molecule has 0 aliphatic carbocycles. The van der Waals surface area contributed by atoms with Crippen LogP contribution in [0, 0.1) is 0 Å². The van der Waals surface area contributed by atoms with Crippen LogP contribution < -0.4 is 5.43 Å². The minimum absolute atomic E-state index is 0.0724. The Balaban J connectivity index is 2.37. The molecule has 3 heteroatoms. The van der Waals surface area contributed by atoms with Gasteiger partial charge in [0.25, 0.3) is 0 Å². The molecule has 0 N–H and O–H groups in total. The molecule has 78 valence electrons. The van der Waals surface area contributed by atoms with E-state index in [1.807, 2.05) is 12.1 Å². The Labute approximate surface area is 90.9 Å². The topological polar surface area (TPSA) is 43.4 Å². The normalized spacial score (nSPS) is 10.8. The lowest BCUT2D eigenvalue weighted by Crippen LogP contribution is -2.03. The van der Waals surface area contributed by atoms with Crippen LogP contribution in [0.25, 0.3) is 22.3 Å². The summed E-state index contributed by atoms with van der Waals surface area (Å²) in [5.74, 6) is 0.527. The van der Waals surface area contributed by atoms with Crippen molar-refractivity contribution in [1.82, 2.24) is 0 Å². The van der Waals surface area contributed by atoms with Gasteiger partial charge < -0.3 is 8.83 Å². The van der Waals surface area contributed by atoms with Gasteiger partial charge in [-0.2, -0.15) is 0 Å². The van der Waals surface area contributed by atoms with Gasteiger partial charge in [0.2, 0.25) is 5.43 Å². The Morgan fingerprint density at radius 3 is 2.62 bits per heavy atom. The lowest BCUT2D eigenvalue weighted by atomic mass is 10.1. The lowest BCUT2D eigenvalue weighted by Gasteiger charge is -1.98. The number of rotatable bonds is 1. The minimum Gasteiger partial charge on any atom is -0.464 e. The number of para-hydroxylation sites is 1. The van der Waals surface area contributed by atoms with E-state index in [0.29, 0.717) is 22.3 Å². The van der Waals surface area contributed by atoms with Gasteiger partial charge in [0, 0.05) is 0 Å². The van der Waals surface area contributed by atoms with Crippen molar-refractivity contribution in [2.45, 2.75) is 0 Å². The number of hydrogen-bond donors (Lipinski definition) is 0. The Bertz CT molecular complexity index is 678. The molecule has 0 atom stereocenters. The van der Waals surface area contributed by atoms with Crippen LogP contribution in [-0.4, -0.2) is 0 Å². The van der Waals surface area contributed by atoms with E-state index in [0.717, 1.165) is 0 Å². The maximum Gasteiger partial charge on any atom is 0.203 e.